The number of carbonyl (C=O) groups is 2. The zero-order chi connectivity index (χ0) is 11.8. The minimum absolute atomic E-state index is 0.103. The first-order chi connectivity index (χ1) is 6.97. The number of carbonyl (C=O) groups excluding carboxylic acids is 1. The Morgan fingerprint density at radius 2 is 2.00 bits per heavy atom. The molecule has 4 nitrogen and oxygen atoms in total. The summed E-state index contributed by atoms with van der Waals surface area (Å²) in [7, 11) is 1.55. The van der Waals surface area contributed by atoms with E-state index in [4.69, 9.17) is 5.11 Å². The third-order valence-corrected chi connectivity index (χ3v) is 3.19. The number of nitrogens with zero attached hydrogens (tertiary/aromatic N) is 1. The topological polar surface area (TPSA) is 57.6 Å². The molecule has 0 aromatic rings. The zero-order valence-electron chi connectivity index (χ0n) is 9.52. The lowest BCUT2D eigenvalue weighted by Crippen LogP contribution is -2.27. The molecule has 0 aromatic heterocycles. The number of amides is 1. The standard InChI is InChI=1S/C10H19NO3S/c1-4-5-9(15-8(2)12)6-7-11(3)10(13)14/h9H,4-7H2,1-3H3,(H,13,14). The Morgan fingerprint density at radius 3 is 2.40 bits per heavy atom. The summed E-state index contributed by atoms with van der Waals surface area (Å²) in [4.78, 5) is 22.7. The number of carboxylic acid groups (broad SMARTS) is 1. The summed E-state index contributed by atoms with van der Waals surface area (Å²) in [5, 5.41) is 9.01. The SMILES string of the molecule is CCCC(CCN(C)C(=O)O)SC(C)=O. The summed E-state index contributed by atoms with van der Waals surface area (Å²) in [5.74, 6) is 0. The largest absolute Gasteiger partial charge is 0.465 e. The van der Waals surface area contributed by atoms with Crippen LogP contribution < -0.4 is 0 Å². The van der Waals surface area contributed by atoms with E-state index in [-0.39, 0.29) is 10.4 Å². The van der Waals surface area contributed by atoms with Crippen LogP contribution in [0, 0.1) is 0 Å². The molecule has 1 N–H and O–H groups in total. The van der Waals surface area contributed by atoms with Gasteiger partial charge in [-0.05, 0) is 12.8 Å². The Kier molecular flexibility index (Phi) is 7.21. The molecule has 0 aliphatic rings. The average molecular weight is 233 g/mol. The van der Waals surface area contributed by atoms with Gasteiger partial charge in [0.2, 0.25) is 0 Å². The highest BCUT2D eigenvalue weighted by molar-refractivity contribution is 8.14. The van der Waals surface area contributed by atoms with Gasteiger partial charge < -0.3 is 10.0 Å². The second-order valence-corrected chi connectivity index (χ2v) is 4.99. The molecule has 0 fully saturated rings. The van der Waals surface area contributed by atoms with E-state index < -0.39 is 6.09 Å². The first kappa shape index (κ1) is 14.3. The maximum absolute atomic E-state index is 10.9. The van der Waals surface area contributed by atoms with Gasteiger partial charge in [-0.1, -0.05) is 25.1 Å². The van der Waals surface area contributed by atoms with Gasteiger partial charge in [-0.15, -0.1) is 0 Å². The molecular weight excluding hydrogens is 214 g/mol. The average Bonchev–Trinajstić information content (AvgIpc) is 2.13. The fourth-order valence-electron chi connectivity index (χ4n) is 1.25. The Morgan fingerprint density at radius 1 is 1.40 bits per heavy atom. The van der Waals surface area contributed by atoms with Crippen molar-refractivity contribution in [1.82, 2.24) is 4.90 Å². The van der Waals surface area contributed by atoms with Crippen molar-refractivity contribution in [2.24, 2.45) is 0 Å². The van der Waals surface area contributed by atoms with Crippen molar-refractivity contribution >= 4 is 23.0 Å². The molecule has 1 atom stereocenters. The van der Waals surface area contributed by atoms with E-state index in [1.165, 1.54) is 16.7 Å². The van der Waals surface area contributed by atoms with Crippen LogP contribution in [0.5, 0.6) is 0 Å². The van der Waals surface area contributed by atoms with Gasteiger partial charge in [0.25, 0.3) is 0 Å². The highest BCUT2D eigenvalue weighted by Crippen LogP contribution is 2.20. The summed E-state index contributed by atoms with van der Waals surface area (Å²) in [6, 6.07) is 0. The van der Waals surface area contributed by atoms with Gasteiger partial charge in [-0.25, -0.2) is 4.79 Å². The van der Waals surface area contributed by atoms with Crippen molar-refractivity contribution in [3.63, 3.8) is 0 Å². The molecule has 15 heavy (non-hydrogen) atoms. The molecule has 0 spiro atoms. The fraction of sp³-hybridized carbons (Fsp3) is 0.800. The van der Waals surface area contributed by atoms with Crippen LogP contribution in [0.4, 0.5) is 4.79 Å². The summed E-state index contributed by atoms with van der Waals surface area (Å²) < 4.78 is 0. The van der Waals surface area contributed by atoms with Crippen LogP contribution in [0.1, 0.15) is 33.1 Å². The normalized spacial score (nSPS) is 12.2. The molecule has 1 amide bonds. The van der Waals surface area contributed by atoms with Crippen molar-refractivity contribution in [2.45, 2.75) is 38.4 Å². The molecule has 0 rings (SSSR count). The van der Waals surface area contributed by atoms with Crippen molar-refractivity contribution in [2.75, 3.05) is 13.6 Å². The van der Waals surface area contributed by atoms with E-state index in [1.54, 1.807) is 14.0 Å². The number of thioether (sulfide) groups is 1. The van der Waals surface area contributed by atoms with Crippen LogP contribution in [0.2, 0.25) is 0 Å². The van der Waals surface area contributed by atoms with E-state index in [1.807, 2.05) is 0 Å². The number of hydrogen-bond donors (Lipinski definition) is 1. The summed E-state index contributed by atoms with van der Waals surface area (Å²) in [5.41, 5.74) is 0. The Bertz CT molecular complexity index is 221. The van der Waals surface area contributed by atoms with Gasteiger partial charge in [0.1, 0.15) is 0 Å². The Labute approximate surface area is 95.0 Å². The highest BCUT2D eigenvalue weighted by atomic mass is 32.2. The van der Waals surface area contributed by atoms with E-state index in [2.05, 4.69) is 6.92 Å². The first-order valence-corrected chi connectivity index (χ1v) is 5.96. The summed E-state index contributed by atoms with van der Waals surface area (Å²) in [6.07, 6.45) is 1.79. The van der Waals surface area contributed by atoms with Crippen LogP contribution >= 0.6 is 11.8 Å². The van der Waals surface area contributed by atoms with Gasteiger partial charge >= 0.3 is 6.09 Å². The number of hydrogen-bond acceptors (Lipinski definition) is 3. The summed E-state index contributed by atoms with van der Waals surface area (Å²) in [6.45, 7) is 4.10. The lowest BCUT2D eigenvalue weighted by atomic mass is 10.2. The molecule has 0 aromatic carbocycles. The minimum Gasteiger partial charge on any atom is -0.465 e. The Balaban J connectivity index is 3.94. The van der Waals surface area contributed by atoms with Crippen LogP contribution in [-0.2, 0) is 4.79 Å². The monoisotopic (exact) mass is 233 g/mol. The van der Waals surface area contributed by atoms with Crippen LogP contribution in [0.25, 0.3) is 0 Å². The molecule has 0 heterocycles. The predicted octanol–water partition coefficient (Wildman–Crippen LogP) is 2.43. The fourth-order valence-corrected chi connectivity index (χ4v) is 2.30. The van der Waals surface area contributed by atoms with Crippen LogP contribution in [0.3, 0.4) is 0 Å². The predicted molar refractivity (Wildman–Crippen MR) is 62.2 cm³/mol. The molecule has 0 saturated heterocycles. The third-order valence-electron chi connectivity index (χ3n) is 2.06. The molecule has 0 aliphatic heterocycles. The maximum Gasteiger partial charge on any atom is 0.407 e. The van der Waals surface area contributed by atoms with Crippen molar-refractivity contribution in [3.05, 3.63) is 0 Å². The quantitative estimate of drug-likeness (QED) is 0.765. The molecule has 1 unspecified atom stereocenters. The van der Waals surface area contributed by atoms with Gasteiger partial charge in [-0.3, -0.25) is 4.79 Å². The number of rotatable bonds is 6. The van der Waals surface area contributed by atoms with E-state index in [9.17, 15) is 9.59 Å². The lowest BCUT2D eigenvalue weighted by molar-refractivity contribution is -0.109. The zero-order valence-corrected chi connectivity index (χ0v) is 10.3. The molecule has 0 bridgehead atoms. The van der Waals surface area contributed by atoms with Gasteiger partial charge in [0.05, 0.1) is 0 Å². The van der Waals surface area contributed by atoms with Crippen LogP contribution in [0.15, 0.2) is 0 Å². The third kappa shape index (κ3) is 7.25. The van der Waals surface area contributed by atoms with E-state index in [0.717, 1.165) is 19.3 Å². The molecule has 0 saturated carbocycles. The van der Waals surface area contributed by atoms with Crippen molar-refractivity contribution in [1.29, 1.82) is 0 Å². The van der Waals surface area contributed by atoms with Gasteiger partial charge in [-0.2, -0.15) is 0 Å². The van der Waals surface area contributed by atoms with Gasteiger partial charge in [0, 0.05) is 25.8 Å². The van der Waals surface area contributed by atoms with Crippen LogP contribution in [-0.4, -0.2) is 40.1 Å². The highest BCUT2D eigenvalue weighted by Gasteiger charge is 2.13. The molecule has 0 aliphatic carbocycles. The molecule has 0 radical (unpaired) electrons. The van der Waals surface area contributed by atoms with E-state index in [0.29, 0.717) is 6.54 Å². The first-order valence-electron chi connectivity index (χ1n) is 5.08. The lowest BCUT2D eigenvalue weighted by Gasteiger charge is -2.18. The van der Waals surface area contributed by atoms with Gasteiger partial charge in [0.15, 0.2) is 5.12 Å². The minimum atomic E-state index is -0.918. The smallest absolute Gasteiger partial charge is 0.407 e. The Hall–Kier alpha value is -0.710. The second-order valence-electron chi connectivity index (χ2n) is 3.51. The molecular formula is C10H19NO3S. The molecule has 5 heteroatoms. The van der Waals surface area contributed by atoms with E-state index >= 15 is 0 Å². The maximum atomic E-state index is 10.9. The molecule has 88 valence electrons. The van der Waals surface area contributed by atoms with Crippen molar-refractivity contribution < 1.29 is 14.7 Å². The second kappa shape index (κ2) is 7.56. The van der Waals surface area contributed by atoms with Crippen molar-refractivity contribution in [3.8, 4) is 0 Å². The summed E-state index contributed by atoms with van der Waals surface area (Å²) >= 11 is 1.32.